The number of hydrogen-bond acceptors (Lipinski definition) is 3. The van der Waals surface area contributed by atoms with E-state index in [2.05, 4.69) is 10.4 Å². The van der Waals surface area contributed by atoms with E-state index in [1.807, 2.05) is 55.8 Å². The third-order valence-electron chi connectivity index (χ3n) is 4.98. The molecule has 158 valence electrons. The van der Waals surface area contributed by atoms with Gasteiger partial charge < -0.3 is 5.32 Å². The fraction of sp³-hybridized carbons (Fsp3) is 0.208. The zero-order chi connectivity index (χ0) is 22.5. The molecular weight excluding hydrogens is 398 g/mol. The van der Waals surface area contributed by atoms with Crippen LogP contribution in [0.2, 0.25) is 0 Å². The number of carbonyl (C=O) groups is 1. The molecule has 5 nitrogen and oxygen atoms in total. The van der Waals surface area contributed by atoms with Gasteiger partial charge in [0.25, 0.3) is 0 Å². The Balaban J connectivity index is 1.73. The molecule has 1 N–H and O–H groups in total. The third kappa shape index (κ3) is 5.23. The molecule has 1 unspecified atom stereocenters. The first kappa shape index (κ1) is 21.9. The van der Waals surface area contributed by atoms with Crippen molar-refractivity contribution in [2.75, 3.05) is 0 Å². The summed E-state index contributed by atoms with van der Waals surface area (Å²) in [6.07, 6.45) is 2.90. The van der Waals surface area contributed by atoms with Crippen molar-refractivity contribution in [1.82, 2.24) is 15.1 Å². The summed E-state index contributed by atoms with van der Waals surface area (Å²) in [5, 5.41) is 16.3. The van der Waals surface area contributed by atoms with Crippen LogP contribution in [0.1, 0.15) is 39.7 Å². The number of aromatic nitrogens is 2. The second-order valence-corrected chi connectivity index (χ2v) is 7.30. The minimum absolute atomic E-state index is 0.0936. The molecule has 3 rings (SSSR count). The van der Waals surface area contributed by atoms with Gasteiger partial charge in [-0.05, 0) is 38.5 Å². The molecule has 1 heterocycles. The van der Waals surface area contributed by atoms with Crippen LogP contribution in [0.3, 0.4) is 0 Å². The molecule has 0 saturated carbocycles. The molecule has 3 aromatic rings. The maximum absolute atomic E-state index is 13.9. The highest BCUT2D eigenvalue weighted by molar-refractivity contribution is 5.92. The summed E-state index contributed by atoms with van der Waals surface area (Å²) in [5.74, 6) is -2.21. The topological polar surface area (TPSA) is 70.7 Å². The zero-order valence-corrected chi connectivity index (χ0v) is 17.5. The van der Waals surface area contributed by atoms with Gasteiger partial charge in [-0.3, -0.25) is 9.48 Å². The highest BCUT2D eigenvalue weighted by atomic mass is 19.1. The smallest absolute Gasteiger partial charge is 0.245 e. The van der Waals surface area contributed by atoms with Crippen LogP contribution in [0.5, 0.6) is 0 Å². The molecular formula is C24H22F2N4O. The molecule has 0 radical (unpaired) electrons. The van der Waals surface area contributed by atoms with E-state index in [9.17, 15) is 18.8 Å². The molecule has 0 spiro atoms. The molecule has 0 aliphatic rings. The molecule has 1 amide bonds. The van der Waals surface area contributed by atoms with Gasteiger partial charge in [-0.15, -0.1) is 0 Å². The van der Waals surface area contributed by atoms with Gasteiger partial charge in [-0.1, -0.05) is 35.9 Å². The standard InChI is InChI=1S/C24H22F2N4O/c1-15-4-6-18(7-5-15)14-30-17(3)20(16(2)29-30)10-11-24(31)28-23(13-27)21-9-8-19(25)12-22(21)26/h4-12,23H,14H2,1-3H3,(H,28,31)/b11-10+. The first-order valence-corrected chi connectivity index (χ1v) is 9.71. The van der Waals surface area contributed by atoms with Gasteiger partial charge in [-0.25, -0.2) is 8.78 Å². The Morgan fingerprint density at radius 2 is 1.90 bits per heavy atom. The molecule has 31 heavy (non-hydrogen) atoms. The van der Waals surface area contributed by atoms with Gasteiger partial charge in [0.05, 0.1) is 18.3 Å². The number of halogens is 2. The molecule has 0 bridgehead atoms. The second-order valence-electron chi connectivity index (χ2n) is 7.30. The van der Waals surface area contributed by atoms with Crippen LogP contribution in [0.15, 0.2) is 48.5 Å². The van der Waals surface area contributed by atoms with E-state index in [1.165, 1.54) is 11.6 Å². The summed E-state index contributed by atoms with van der Waals surface area (Å²) in [6.45, 7) is 6.40. The molecule has 0 fully saturated rings. The van der Waals surface area contributed by atoms with E-state index in [-0.39, 0.29) is 5.56 Å². The predicted molar refractivity (Wildman–Crippen MR) is 114 cm³/mol. The summed E-state index contributed by atoms with van der Waals surface area (Å²) in [6, 6.07) is 11.6. The third-order valence-corrected chi connectivity index (χ3v) is 4.98. The number of amides is 1. The lowest BCUT2D eigenvalue weighted by Crippen LogP contribution is -2.26. The Bertz CT molecular complexity index is 1170. The lowest BCUT2D eigenvalue weighted by atomic mass is 10.1. The van der Waals surface area contributed by atoms with E-state index in [1.54, 1.807) is 6.08 Å². The monoisotopic (exact) mass is 420 g/mol. The van der Waals surface area contributed by atoms with E-state index in [0.29, 0.717) is 12.6 Å². The highest BCUT2D eigenvalue weighted by Gasteiger charge is 2.17. The Labute approximate surface area is 179 Å². The van der Waals surface area contributed by atoms with Gasteiger partial charge in [0.1, 0.15) is 17.7 Å². The Hall–Kier alpha value is -3.79. The number of aryl methyl sites for hydroxylation is 2. The number of rotatable bonds is 6. The van der Waals surface area contributed by atoms with Crippen LogP contribution in [0, 0.1) is 43.7 Å². The fourth-order valence-corrected chi connectivity index (χ4v) is 3.24. The number of hydrogen-bond donors (Lipinski definition) is 1. The van der Waals surface area contributed by atoms with Crippen molar-refractivity contribution in [3.63, 3.8) is 0 Å². The lowest BCUT2D eigenvalue weighted by molar-refractivity contribution is -0.116. The van der Waals surface area contributed by atoms with Crippen molar-refractivity contribution in [3.05, 3.63) is 93.8 Å². The Morgan fingerprint density at radius 1 is 1.19 bits per heavy atom. The number of nitrogens with one attached hydrogen (secondary N) is 1. The quantitative estimate of drug-likeness (QED) is 0.596. The predicted octanol–water partition coefficient (Wildman–Crippen LogP) is 4.53. The van der Waals surface area contributed by atoms with E-state index < -0.39 is 23.6 Å². The summed E-state index contributed by atoms with van der Waals surface area (Å²) in [4.78, 5) is 12.3. The maximum Gasteiger partial charge on any atom is 0.245 e. The molecule has 1 aromatic heterocycles. The molecule has 0 aliphatic carbocycles. The number of nitriles is 1. The summed E-state index contributed by atoms with van der Waals surface area (Å²) in [7, 11) is 0. The minimum atomic E-state index is -1.23. The second kappa shape index (κ2) is 9.35. The SMILES string of the molecule is Cc1ccc(Cn2nc(C)c(/C=C/C(=O)NC(C#N)c3ccc(F)cc3F)c2C)cc1. The molecule has 0 saturated heterocycles. The van der Waals surface area contributed by atoms with Crippen LogP contribution >= 0.6 is 0 Å². The van der Waals surface area contributed by atoms with Crippen molar-refractivity contribution in [2.45, 2.75) is 33.4 Å². The van der Waals surface area contributed by atoms with Gasteiger partial charge in [-0.2, -0.15) is 10.4 Å². The lowest BCUT2D eigenvalue weighted by Gasteiger charge is -2.11. The normalized spacial score (nSPS) is 12.0. The van der Waals surface area contributed by atoms with Crippen molar-refractivity contribution < 1.29 is 13.6 Å². The Morgan fingerprint density at radius 3 is 2.55 bits per heavy atom. The van der Waals surface area contributed by atoms with Crippen molar-refractivity contribution in [2.24, 2.45) is 0 Å². The van der Waals surface area contributed by atoms with Crippen molar-refractivity contribution >= 4 is 12.0 Å². The van der Waals surface area contributed by atoms with Gasteiger partial charge in [0, 0.05) is 29.0 Å². The first-order valence-electron chi connectivity index (χ1n) is 9.71. The first-order chi connectivity index (χ1) is 14.8. The summed E-state index contributed by atoms with van der Waals surface area (Å²) < 4.78 is 28.9. The summed E-state index contributed by atoms with van der Waals surface area (Å²) in [5.41, 5.74) is 4.65. The molecule has 7 heteroatoms. The van der Waals surface area contributed by atoms with Crippen LogP contribution in [-0.2, 0) is 11.3 Å². The average molecular weight is 420 g/mol. The Kier molecular flexibility index (Phi) is 6.61. The van der Waals surface area contributed by atoms with E-state index in [0.717, 1.165) is 34.6 Å². The van der Waals surface area contributed by atoms with E-state index >= 15 is 0 Å². The van der Waals surface area contributed by atoms with Crippen molar-refractivity contribution in [3.8, 4) is 6.07 Å². The number of carbonyl (C=O) groups excluding carboxylic acids is 1. The number of nitrogens with zero attached hydrogens (tertiary/aromatic N) is 3. The summed E-state index contributed by atoms with van der Waals surface area (Å²) >= 11 is 0. The van der Waals surface area contributed by atoms with Crippen LogP contribution in [0.25, 0.3) is 6.08 Å². The van der Waals surface area contributed by atoms with Crippen LogP contribution < -0.4 is 5.32 Å². The van der Waals surface area contributed by atoms with Crippen LogP contribution in [0.4, 0.5) is 8.78 Å². The van der Waals surface area contributed by atoms with Gasteiger partial charge in [0.15, 0.2) is 0 Å². The molecule has 2 aromatic carbocycles. The average Bonchev–Trinajstić information content (AvgIpc) is 2.99. The van der Waals surface area contributed by atoms with Gasteiger partial charge in [0.2, 0.25) is 5.91 Å². The molecule has 1 atom stereocenters. The minimum Gasteiger partial charge on any atom is -0.333 e. The fourth-order valence-electron chi connectivity index (χ4n) is 3.24. The largest absolute Gasteiger partial charge is 0.333 e. The number of benzene rings is 2. The van der Waals surface area contributed by atoms with Crippen molar-refractivity contribution in [1.29, 1.82) is 5.26 Å². The zero-order valence-electron chi connectivity index (χ0n) is 17.5. The highest BCUT2D eigenvalue weighted by Crippen LogP contribution is 2.19. The maximum atomic E-state index is 13.9. The van der Waals surface area contributed by atoms with E-state index in [4.69, 9.17) is 0 Å². The molecule has 0 aliphatic heterocycles. The van der Waals surface area contributed by atoms with Gasteiger partial charge >= 0.3 is 0 Å². The van der Waals surface area contributed by atoms with Crippen LogP contribution in [-0.4, -0.2) is 15.7 Å².